The molecule has 2 unspecified atom stereocenters. The molecule has 0 amide bonds. The van der Waals surface area contributed by atoms with E-state index in [2.05, 4.69) is 5.32 Å². The number of thioether (sulfide) groups is 1. The van der Waals surface area contributed by atoms with Crippen molar-refractivity contribution in [3.63, 3.8) is 0 Å². The fraction of sp³-hybridized carbons (Fsp3) is 0.538. The summed E-state index contributed by atoms with van der Waals surface area (Å²) in [7, 11) is 0. The molecule has 19 heavy (non-hydrogen) atoms. The molecule has 0 saturated carbocycles. The third-order valence-corrected chi connectivity index (χ3v) is 3.74. The minimum atomic E-state index is -4.38. The summed E-state index contributed by atoms with van der Waals surface area (Å²) < 4.78 is 37.6. The topological polar surface area (TPSA) is 32.3 Å². The molecule has 2 N–H and O–H groups in total. The predicted octanol–water partition coefficient (Wildman–Crippen LogP) is 3.08. The van der Waals surface area contributed by atoms with E-state index in [9.17, 15) is 18.3 Å². The van der Waals surface area contributed by atoms with Gasteiger partial charge in [0.15, 0.2) is 0 Å². The Bertz CT molecular complexity index is 398. The van der Waals surface area contributed by atoms with Crippen molar-refractivity contribution in [1.29, 1.82) is 0 Å². The van der Waals surface area contributed by atoms with Crippen LogP contribution in [-0.4, -0.2) is 29.7 Å². The van der Waals surface area contributed by atoms with E-state index in [1.165, 1.54) is 12.1 Å². The largest absolute Gasteiger partial charge is 0.416 e. The van der Waals surface area contributed by atoms with Crippen molar-refractivity contribution in [1.82, 2.24) is 5.32 Å². The van der Waals surface area contributed by atoms with E-state index in [4.69, 9.17) is 0 Å². The summed E-state index contributed by atoms with van der Waals surface area (Å²) in [5.41, 5.74) is -0.458. The number of rotatable bonds is 6. The molecule has 0 aliphatic heterocycles. The van der Waals surface area contributed by atoms with Gasteiger partial charge in [-0.1, -0.05) is 19.1 Å². The van der Waals surface area contributed by atoms with Crippen LogP contribution in [-0.2, 0) is 6.18 Å². The molecule has 0 radical (unpaired) electrons. The van der Waals surface area contributed by atoms with Gasteiger partial charge in [-0.3, -0.25) is 0 Å². The van der Waals surface area contributed by atoms with Gasteiger partial charge in [-0.15, -0.1) is 0 Å². The molecular weight excluding hydrogens is 275 g/mol. The Labute approximate surface area is 115 Å². The lowest BCUT2D eigenvalue weighted by molar-refractivity contribution is -0.137. The van der Waals surface area contributed by atoms with E-state index in [0.717, 1.165) is 12.1 Å². The molecule has 2 nitrogen and oxygen atoms in total. The first kappa shape index (κ1) is 16.3. The molecule has 0 bridgehead atoms. The van der Waals surface area contributed by atoms with Crippen LogP contribution in [0.25, 0.3) is 0 Å². The molecule has 1 rings (SSSR count). The molecule has 0 aliphatic rings. The van der Waals surface area contributed by atoms with Gasteiger partial charge in [0, 0.05) is 18.3 Å². The predicted molar refractivity (Wildman–Crippen MR) is 72.3 cm³/mol. The standard InChI is InChI=1S/C13H18F3NOS/c1-9(19-2)7-17-8-12(18)10-4-3-5-11(6-10)13(14,15)16/h3-6,9,12,17-18H,7-8H2,1-2H3. The van der Waals surface area contributed by atoms with Crippen LogP contribution in [0.2, 0.25) is 0 Å². The third-order valence-electron chi connectivity index (χ3n) is 2.77. The number of benzene rings is 1. The number of halogens is 3. The molecule has 2 atom stereocenters. The zero-order valence-corrected chi connectivity index (χ0v) is 11.7. The average molecular weight is 293 g/mol. The molecule has 0 fully saturated rings. The second-order valence-electron chi connectivity index (χ2n) is 4.34. The number of alkyl halides is 3. The number of aliphatic hydroxyl groups is 1. The Kier molecular flexibility index (Phi) is 6.16. The first-order valence-electron chi connectivity index (χ1n) is 5.93. The molecule has 0 aromatic heterocycles. The highest BCUT2D eigenvalue weighted by Crippen LogP contribution is 2.30. The van der Waals surface area contributed by atoms with Crippen molar-refractivity contribution in [2.45, 2.75) is 24.5 Å². The van der Waals surface area contributed by atoms with E-state index < -0.39 is 17.8 Å². The molecule has 0 spiro atoms. The van der Waals surface area contributed by atoms with Crippen molar-refractivity contribution in [3.8, 4) is 0 Å². The van der Waals surface area contributed by atoms with Crippen molar-refractivity contribution < 1.29 is 18.3 Å². The smallest absolute Gasteiger partial charge is 0.387 e. The Morgan fingerprint density at radius 3 is 2.58 bits per heavy atom. The molecule has 0 aliphatic carbocycles. The van der Waals surface area contributed by atoms with Gasteiger partial charge in [-0.25, -0.2) is 0 Å². The highest BCUT2D eigenvalue weighted by Gasteiger charge is 2.30. The quantitative estimate of drug-likeness (QED) is 0.845. The second kappa shape index (κ2) is 7.17. The van der Waals surface area contributed by atoms with Crippen LogP contribution in [0.1, 0.15) is 24.2 Å². The lowest BCUT2D eigenvalue weighted by Crippen LogP contribution is -2.27. The Morgan fingerprint density at radius 1 is 1.32 bits per heavy atom. The van der Waals surface area contributed by atoms with Gasteiger partial charge < -0.3 is 10.4 Å². The number of hydrogen-bond acceptors (Lipinski definition) is 3. The highest BCUT2D eigenvalue weighted by atomic mass is 32.2. The SMILES string of the molecule is CSC(C)CNCC(O)c1cccc(C(F)(F)F)c1. The molecular formula is C13H18F3NOS. The first-order chi connectivity index (χ1) is 8.84. The van der Waals surface area contributed by atoms with Crippen LogP contribution in [0.3, 0.4) is 0 Å². The summed E-state index contributed by atoms with van der Waals surface area (Å²) in [5.74, 6) is 0. The van der Waals surface area contributed by atoms with Gasteiger partial charge in [0.1, 0.15) is 0 Å². The Hall–Kier alpha value is -0.720. The summed E-state index contributed by atoms with van der Waals surface area (Å²) in [5, 5.41) is 13.3. The minimum Gasteiger partial charge on any atom is -0.387 e. The first-order valence-corrected chi connectivity index (χ1v) is 7.22. The molecule has 1 aromatic rings. The van der Waals surface area contributed by atoms with Crippen LogP contribution in [0.4, 0.5) is 13.2 Å². The lowest BCUT2D eigenvalue weighted by Gasteiger charge is -2.16. The van der Waals surface area contributed by atoms with Gasteiger partial charge in [-0.05, 0) is 24.0 Å². The highest BCUT2D eigenvalue weighted by molar-refractivity contribution is 7.99. The van der Waals surface area contributed by atoms with E-state index in [1.807, 2.05) is 13.2 Å². The van der Waals surface area contributed by atoms with Crippen molar-refractivity contribution in [3.05, 3.63) is 35.4 Å². The minimum absolute atomic E-state index is 0.242. The average Bonchev–Trinajstić information content (AvgIpc) is 2.37. The molecule has 1 aromatic carbocycles. The van der Waals surface area contributed by atoms with Crippen molar-refractivity contribution in [2.24, 2.45) is 0 Å². The molecule has 0 heterocycles. The summed E-state index contributed by atoms with van der Waals surface area (Å²) in [6, 6.07) is 4.80. The Balaban J connectivity index is 2.60. The number of hydrogen-bond donors (Lipinski definition) is 2. The zero-order chi connectivity index (χ0) is 14.5. The van der Waals surface area contributed by atoms with Crippen molar-refractivity contribution >= 4 is 11.8 Å². The van der Waals surface area contributed by atoms with Crippen LogP contribution < -0.4 is 5.32 Å². The fourth-order valence-corrected chi connectivity index (χ4v) is 1.83. The van der Waals surface area contributed by atoms with E-state index in [0.29, 0.717) is 11.8 Å². The van der Waals surface area contributed by atoms with Gasteiger partial charge in [0.25, 0.3) is 0 Å². The monoisotopic (exact) mass is 293 g/mol. The Morgan fingerprint density at radius 2 is 2.00 bits per heavy atom. The maximum atomic E-state index is 12.5. The normalized spacial score (nSPS) is 15.3. The van der Waals surface area contributed by atoms with E-state index in [-0.39, 0.29) is 12.1 Å². The summed E-state index contributed by atoms with van der Waals surface area (Å²) in [6.45, 7) is 2.98. The molecule has 6 heteroatoms. The fourth-order valence-electron chi connectivity index (χ4n) is 1.55. The van der Waals surface area contributed by atoms with Crippen LogP contribution in [0.15, 0.2) is 24.3 Å². The number of aliphatic hydroxyl groups excluding tert-OH is 1. The van der Waals surface area contributed by atoms with Crippen LogP contribution in [0, 0.1) is 0 Å². The van der Waals surface area contributed by atoms with Crippen LogP contribution in [0.5, 0.6) is 0 Å². The van der Waals surface area contributed by atoms with E-state index in [1.54, 1.807) is 11.8 Å². The van der Waals surface area contributed by atoms with E-state index >= 15 is 0 Å². The van der Waals surface area contributed by atoms with Crippen LogP contribution >= 0.6 is 11.8 Å². The van der Waals surface area contributed by atoms with Gasteiger partial charge in [-0.2, -0.15) is 24.9 Å². The van der Waals surface area contributed by atoms with Gasteiger partial charge in [0.2, 0.25) is 0 Å². The number of nitrogens with one attached hydrogen (secondary N) is 1. The maximum absolute atomic E-state index is 12.5. The van der Waals surface area contributed by atoms with Gasteiger partial charge >= 0.3 is 6.18 Å². The molecule has 108 valence electrons. The second-order valence-corrected chi connectivity index (χ2v) is 5.62. The van der Waals surface area contributed by atoms with Crippen molar-refractivity contribution in [2.75, 3.05) is 19.3 Å². The zero-order valence-electron chi connectivity index (χ0n) is 10.9. The molecule has 0 saturated heterocycles. The third kappa shape index (κ3) is 5.42. The maximum Gasteiger partial charge on any atom is 0.416 e. The summed E-state index contributed by atoms with van der Waals surface area (Å²) in [6.07, 6.45) is -3.33. The lowest BCUT2D eigenvalue weighted by atomic mass is 10.1. The van der Waals surface area contributed by atoms with Gasteiger partial charge in [0.05, 0.1) is 11.7 Å². The summed E-state index contributed by atoms with van der Waals surface area (Å²) in [4.78, 5) is 0. The summed E-state index contributed by atoms with van der Waals surface area (Å²) >= 11 is 1.69.